The second-order valence-corrected chi connectivity index (χ2v) is 9.44. The molecule has 0 aromatic heterocycles. The van der Waals surface area contributed by atoms with Crippen molar-refractivity contribution >= 4 is 28.4 Å². The maximum Gasteiger partial charge on any atom is 0.375 e. The predicted octanol–water partition coefficient (Wildman–Crippen LogP) is 5.38. The molecule has 0 radical (unpaired) electrons. The van der Waals surface area contributed by atoms with Gasteiger partial charge in [0.2, 0.25) is 11.7 Å². The van der Waals surface area contributed by atoms with Gasteiger partial charge < -0.3 is 9.64 Å². The minimum absolute atomic E-state index is 0.219. The lowest BCUT2D eigenvalue weighted by atomic mass is 10.1. The highest BCUT2D eigenvalue weighted by Crippen LogP contribution is 2.19. The standard InChI is InChI=1S/C28H29F2NO4/c1-28(2,3)35-27(34)25(32)17-26(33)31(14-6-9-21-12-13-23(29)16-24(21)30)18-19-10-11-20-7-4-5-8-22(20)15-19/h4-5,7-8,10-13,15-16H,6,9,14,17-18H2,1-3H3. The predicted molar refractivity (Wildman–Crippen MR) is 130 cm³/mol. The van der Waals surface area contributed by atoms with Gasteiger partial charge in [-0.15, -0.1) is 0 Å². The van der Waals surface area contributed by atoms with Gasteiger partial charge in [-0.3, -0.25) is 9.59 Å². The van der Waals surface area contributed by atoms with Crippen molar-refractivity contribution in [3.8, 4) is 0 Å². The average Bonchev–Trinajstić information content (AvgIpc) is 2.78. The third-order valence-electron chi connectivity index (χ3n) is 5.37. The molecule has 5 nitrogen and oxygen atoms in total. The van der Waals surface area contributed by atoms with Crippen LogP contribution >= 0.6 is 0 Å². The maximum absolute atomic E-state index is 14.0. The molecule has 7 heteroatoms. The summed E-state index contributed by atoms with van der Waals surface area (Å²) < 4.78 is 32.3. The Morgan fingerprint density at radius 2 is 1.63 bits per heavy atom. The third-order valence-corrected chi connectivity index (χ3v) is 5.37. The van der Waals surface area contributed by atoms with Crippen LogP contribution in [0.15, 0.2) is 60.7 Å². The van der Waals surface area contributed by atoms with Gasteiger partial charge in [0, 0.05) is 19.2 Å². The van der Waals surface area contributed by atoms with E-state index >= 15 is 0 Å². The van der Waals surface area contributed by atoms with Crippen LogP contribution in [0.2, 0.25) is 0 Å². The van der Waals surface area contributed by atoms with Gasteiger partial charge in [-0.1, -0.05) is 42.5 Å². The molecule has 0 aliphatic carbocycles. The zero-order chi connectivity index (χ0) is 25.6. The van der Waals surface area contributed by atoms with Crippen molar-refractivity contribution in [2.75, 3.05) is 6.54 Å². The summed E-state index contributed by atoms with van der Waals surface area (Å²) in [4.78, 5) is 38.9. The number of amides is 1. The van der Waals surface area contributed by atoms with E-state index in [1.807, 2.05) is 42.5 Å². The van der Waals surface area contributed by atoms with Crippen molar-refractivity contribution in [3.63, 3.8) is 0 Å². The van der Waals surface area contributed by atoms with E-state index in [9.17, 15) is 23.2 Å². The zero-order valence-corrected chi connectivity index (χ0v) is 20.1. The molecular weight excluding hydrogens is 452 g/mol. The van der Waals surface area contributed by atoms with Crippen molar-refractivity contribution in [1.82, 2.24) is 4.90 Å². The van der Waals surface area contributed by atoms with Crippen LogP contribution in [0.3, 0.4) is 0 Å². The SMILES string of the molecule is CC(C)(C)OC(=O)C(=O)CC(=O)N(CCCc1ccc(F)cc1F)Cc1ccc2ccccc2c1. The highest BCUT2D eigenvalue weighted by molar-refractivity contribution is 6.37. The van der Waals surface area contributed by atoms with Crippen molar-refractivity contribution in [2.24, 2.45) is 0 Å². The molecule has 0 unspecified atom stereocenters. The quantitative estimate of drug-likeness (QED) is 0.234. The molecule has 0 saturated heterocycles. The number of benzene rings is 3. The van der Waals surface area contributed by atoms with Gasteiger partial charge in [0.15, 0.2) is 0 Å². The number of aryl methyl sites for hydroxylation is 1. The van der Waals surface area contributed by atoms with Crippen LogP contribution in [-0.2, 0) is 32.1 Å². The number of carbonyl (C=O) groups is 3. The number of halogens is 2. The minimum Gasteiger partial charge on any atom is -0.454 e. The summed E-state index contributed by atoms with van der Waals surface area (Å²) in [5.74, 6) is -3.78. The Hall–Kier alpha value is -3.61. The molecule has 0 spiro atoms. The number of nitrogens with zero attached hydrogens (tertiary/aromatic N) is 1. The van der Waals surface area contributed by atoms with E-state index in [4.69, 9.17) is 4.74 Å². The van der Waals surface area contributed by atoms with Gasteiger partial charge in [-0.05, 0) is 67.6 Å². The number of ether oxygens (including phenoxy) is 1. The Balaban J connectivity index is 1.73. The third kappa shape index (κ3) is 7.70. The average molecular weight is 482 g/mol. The molecule has 0 fully saturated rings. The van der Waals surface area contributed by atoms with Gasteiger partial charge in [0.25, 0.3) is 0 Å². The van der Waals surface area contributed by atoms with Gasteiger partial charge >= 0.3 is 5.97 Å². The lowest BCUT2D eigenvalue weighted by Gasteiger charge is -2.24. The summed E-state index contributed by atoms with van der Waals surface area (Å²) in [6.07, 6.45) is 0.0591. The van der Waals surface area contributed by atoms with Crippen LogP contribution in [0.5, 0.6) is 0 Å². The number of carbonyl (C=O) groups excluding carboxylic acids is 3. The Morgan fingerprint density at radius 1 is 0.914 bits per heavy atom. The van der Waals surface area contributed by atoms with Crippen molar-refractivity contribution in [3.05, 3.63) is 83.4 Å². The number of hydrogen-bond acceptors (Lipinski definition) is 4. The van der Waals surface area contributed by atoms with E-state index in [1.54, 1.807) is 20.8 Å². The highest BCUT2D eigenvalue weighted by atomic mass is 19.1. The van der Waals surface area contributed by atoms with E-state index < -0.39 is 41.3 Å². The second-order valence-electron chi connectivity index (χ2n) is 9.44. The molecule has 0 heterocycles. The first kappa shape index (κ1) is 26.0. The van der Waals surface area contributed by atoms with E-state index in [2.05, 4.69) is 0 Å². The summed E-state index contributed by atoms with van der Waals surface area (Å²) in [6, 6.07) is 17.0. The molecule has 3 aromatic rings. The summed E-state index contributed by atoms with van der Waals surface area (Å²) >= 11 is 0. The molecular formula is C28H29F2NO4. The fourth-order valence-electron chi connectivity index (χ4n) is 3.69. The van der Waals surface area contributed by atoms with Crippen LogP contribution < -0.4 is 0 Å². The summed E-state index contributed by atoms with van der Waals surface area (Å²) in [5.41, 5.74) is 0.351. The summed E-state index contributed by atoms with van der Waals surface area (Å²) in [6.45, 7) is 5.36. The number of esters is 1. The number of rotatable bonds is 9. The van der Waals surface area contributed by atoms with Crippen molar-refractivity contribution < 1.29 is 27.9 Å². The highest BCUT2D eigenvalue weighted by Gasteiger charge is 2.27. The molecule has 0 N–H and O–H groups in total. The van der Waals surface area contributed by atoms with Crippen molar-refractivity contribution in [2.45, 2.75) is 52.2 Å². The first-order valence-electron chi connectivity index (χ1n) is 11.5. The fourth-order valence-corrected chi connectivity index (χ4v) is 3.69. The van der Waals surface area contributed by atoms with E-state index in [0.29, 0.717) is 12.0 Å². The van der Waals surface area contributed by atoms with Gasteiger partial charge in [0.05, 0.1) is 6.42 Å². The van der Waals surface area contributed by atoms with Gasteiger partial charge in [0.1, 0.15) is 17.2 Å². The topological polar surface area (TPSA) is 63.7 Å². The minimum atomic E-state index is -1.05. The Morgan fingerprint density at radius 3 is 2.31 bits per heavy atom. The van der Waals surface area contributed by atoms with E-state index in [1.165, 1.54) is 17.0 Å². The normalized spacial score (nSPS) is 11.3. The van der Waals surface area contributed by atoms with Gasteiger partial charge in [-0.2, -0.15) is 0 Å². The Bertz CT molecular complexity index is 1230. The molecule has 3 aromatic carbocycles. The summed E-state index contributed by atoms with van der Waals surface area (Å²) in [7, 11) is 0. The first-order valence-corrected chi connectivity index (χ1v) is 11.5. The first-order chi connectivity index (χ1) is 16.5. The molecule has 0 atom stereocenters. The van der Waals surface area contributed by atoms with Crippen molar-refractivity contribution in [1.29, 1.82) is 0 Å². The number of Topliss-reactive ketones (excluding diaryl/α,β-unsaturated/α-hetero) is 1. The molecule has 0 saturated carbocycles. The molecule has 0 bridgehead atoms. The fraction of sp³-hybridized carbons (Fsp3) is 0.321. The molecule has 1 amide bonds. The lowest BCUT2D eigenvalue weighted by Crippen LogP contribution is -2.36. The van der Waals surface area contributed by atoms with Crippen LogP contribution in [0.1, 0.15) is 44.7 Å². The largest absolute Gasteiger partial charge is 0.454 e. The van der Waals surface area contributed by atoms with Crippen LogP contribution in [0, 0.1) is 11.6 Å². The molecule has 35 heavy (non-hydrogen) atoms. The molecule has 0 aliphatic heterocycles. The monoisotopic (exact) mass is 481 g/mol. The second kappa shape index (κ2) is 11.2. The van der Waals surface area contributed by atoms with E-state index in [-0.39, 0.29) is 19.5 Å². The molecule has 0 aliphatic rings. The number of fused-ring (bicyclic) bond motifs is 1. The van der Waals surface area contributed by atoms with Crippen LogP contribution in [0.4, 0.5) is 8.78 Å². The Kier molecular flexibility index (Phi) is 8.33. The van der Waals surface area contributed by atoms with Crippen LogP contribution in [-0.4, -0.2) is 34.7 Å². The zero-order valence-electron chi connectivity index (χ0n) is 20.1. The number of hydrogen-bond donors (Lipinski definition) is 0. The van der Waals surface area contributed by atoms with Crippen LogP contribution in [0.25, 0.3) is 10.8 Å². The maximum atomic E-state index is 14.0. The Labute approximate surface area is 203 Å². The van der Waals surface area contributed by atoms with E-state index in [0.717, 1.165) is 22.4 Å². The molecule has 184 valence electrons. The smallest absolute Gasteiger partial charge is 0.375 e. The van der Waals surface area contributed by atoms with Gasteiger partial charge in [-0.25, -0.2) is 13.6 Å². The lowest BCUT2D eigenvalue weighted by molar-refractivity contribution is -0.163. The summed E-state index contributed by atoms with van der Waals surface area (Å²) in [5, 5.41) is 2.07. The number of ketones is 1. The molecule has 3 rings (SSSR count).